The fourth-order valence-corrected chi connectivity index (χ4v) is 7.77. The maximum atomic E-state index is 8.97. The number of hydrogen-bond donors (Lipinski definition) is 1. The van der Waals surface area contributed by atoms with Crippen molar-refractivity contribution in [3.63, 3.8) is 0 Å². The molecule has 0 aliphatic carbocycles. The van der Waals surface area contributed by atoms with Crippen LogP contribution in [0.25, 0.3) is 0 Å². The van der Waals surface area contributed by atoms with Gasteiger partial charge in [-0.25, -0.2) is 13.7 Å². The lowest BCUT2D eigenvalue weighted by Gasteiger charge is -2.27. The highest BCUT2D eigenvalue weighted by Crippen LogP contribution is 2.53. The summed E-state index contributed by atoms with van der Waals surface area (Å²) in [5, 5.41) is 12.6. The first-order valence-electron chi connectivity index (χ1n) is 9.39. The maximum absolute atomic E-state index is 8.97. The Bertz CT molecular complexity index is 1010. The fraction of sp³-hybridized carbons (Fsp3) is 0. The van der Waals surface area contributed by atoms with Gasteiger partial charge in [0.15, 0.2) is 0 Å². The number of hydrogen-bond acceptors (Lipinski definition) is 5. The van der Waals surface area contributed by atoms with E-state index in [2.05, 4.69) is 126 Å². The average molecular weight is 452 g/mol. The van der Waals surface area contributed by atoms with Crippen molar-refractivity contribution in [3.05, 3.63) is 121 Å². The first-order chi connectivity index (χ1) is 15.0. The molecule has 31 heavy (non-hydrogen) atoms. The van der Waals surface area contributed by atoms with Crippen molar-refractivity contribution in [1.82, 2.24) is 0 Å². The topological polar surface area (TPSA) is 86.7 Å². The van der Waals surface area contributed by atoms with Gasteiger partial charge in [-0.1, -0.05) is 72.8 Å². The molecule has 4 aromatic carbocycles. The van der Waals surface area contributed by atoms with Crippen molar-refractivity contribution < 1.29 is 22.6 Å². The molecule has 0 fully saturated rings. The van der Waals surface area contributed by atoms with Crippen LogP contribution in [0.3, 0.4) is 0 Å². The van der Waals surface area contributed by atoms with Gasteiger partial charge in [0.2, 0.25) is 10.4 Å². The van der Waals surface area contributed by atoms with Crippen molar-refractivity contribution in [2.45, 2.75) is 0 Å². The summed E-state index contributed by atoms with van der Waals surface area (Å²) in [5.74, 6) is 0. The van der Waals surface area contributed by atoms with E-state index in [-0.39, 0.29) is 0 Å². The van der Waals surface area contributed by atoms with Crippen LogP contribution in [0.2, 0.25) is 0 Å². The molecule has 5 nitrogen and oxygen atoms in total. The molecule has 0 saturated carbocycles. The van der Waals surface area contributed by atoms with Crippen molar-refractivity contribution in [1.29, 1.82) is 0 Å². The highest BCUT2D eigenvalue weighted by atomic mass is 32.3. The largest absolute Gasteiger partial charge is 0.724 e. The zero-order chi connectivity index (χ0) is 22.2. The molecule has 0 radical (unpaired) electrons. The molecule has 4 rings (SSSR count). The van der Waals surface area contributed by atoms with E-state index in [1.54, 1.807) is 0 Å². The van der Waals surface area contributed by atoms with E-state index in [4.69, 9.17) is 18.2 Å². The van der Waals surface area contributed by atoms with Crippen LogP contribution < -0.4 is 21.2 Å². The molecule has 7 heteroatoms. The van der Waals surface area contributed by atoms with Gasteiger partial charge in [-0.05, 0) is 48.5 Å². The molecule has 0 bridgehead atoms. The fourth-order valence-electron chi connectivity index (χ4n) is 3.50. The van der Waals surface area contributed by atoms with E-state index in [0.29, 0.717) is 0 Å². The van der Waals surface area contributed by atoms with Crippen LogP contribution >= 0.6 is 7.26 Å². The Kier molecular flexibility index (Phi) is 7.69. The van der Waals surface area contributed by atoms with E-state index in [1.807, 2.05) is 0 Å². The zero-order valence-corrected chi connectivity index (χ0v) is 18.2. The van der Waals surface area contributed by atoms with Gasteiger partial charge in [-0.2, -0.15) is 0 Å². The van der Waals surface area contributed by atoms with Crippen LogP contribution in [0.5, 0.6) is 0 Å². The first kappa shape index (κ1) is 22.8. The van der Waals surface area contributed by atoms with Gasteiger partial charge < -0.3 is 4.55 Å². The minimum atomic E-state index is -4.86. The van der Waals surface area contributed by atoms with E-state index in [1.165, 1.54) is 21.2 Å². The van der Waals surface area contributed by atoms with E-state index in [9.17, 15) is 0 Å². The third-order valence-electron chi connectivity index (χ3n) is 4.67. The van der Waals surface area contributed by atoms with Gasteiger partial charge >= 0.3 is 0 Å². The molecule has 0 amide bonds. The lowest BCUT2D eigenvalue weighted by atomic mass is 10.3. The molecule has 158 valence electrons. The molecular weight excluding hydrogens is 431 g/mol. The monoisotopic (exact) mass is 452 g/mol. The van der Waals surface area contributed by atoms with Crippen LogP contribution in [0.1, 0.15) is 0 Å². The van der Waals surface area contributed by atoms with Crippen LogP contribution in [0.4, 0.5) is 0 Å². The third kappa shape index (κ3) is 5.44. The Balaban J connectivity index is 0.000000401. The lowest BCUT2D eigenvalue weighted by Crippen LogP contribution is -2.38. The molecule has 4 aromatic rings. The molecule has 0 aromatic heterocycles. The predicted octanol–water partition coefficient (Wildman–Crippen LogP) is 3.24. The summed E-state index contributed by atoms with van der Waals surface area (Å²) < 4.78 is 29.3. The Morgan fingerprint density at radius 2 is 0.742 bits per heavy atom. The second-order valence-corrected chi connectivity index (χ2v) is 10.9. The Hall–Kier alpha value is -2.86. The Labute approximate surface area is 182 Å². The van der Waals surface area contributed by atoms with Crippen molar-refractivity contribution in [2.75, 3.05) is 0 Å². The van der Waals surface area contributed by atoms with Crippen molar-refractivity contribution in [3.8, 4) is 0 Å². The van der Waals surface area contributed by atoms with Gasteiger partial charge in [0, 0.05) is 0 Å². The molecule has 0 unspecified atom stereocenters. The van der Waals surface area contributed by atoms with Gasteiger partial charge in [0.25, 0.3) is 0 Å². The highest BCUT2D eigenvalue weighted by Gasteiger charge is 2.47. The highest BCUT2D eigenvalue weighted by molar-refractivity contribution is 8.01. The van der Waals surface area contributed by atoms with Gasteiger partial charge in [0.05, 0.1) is 0 Å². The molecular formula is C24H21O5PS. The average Bonchev–Trinajstić information content (AvgIpc) is 2.82. The zero-order valence-electron chi connectivity index (χ0n) is 16.5. The van der Waals surface area contributed by atoms with Crippen LogP contribution in [-0.2, 0) is 14.7 Å². The van der Waals surface area contributed by atoms with Crippen molar-refractivity contribution in [2.24, 2.45) is 0 Å². The molecule has 1 N–H and O–H groups in total. The smallest absolute Gasteiger partial charge is 0.245 e. The SMILES string of the molecule is O=S(=O)([O-])OO.c1ccc([P+](c2ccccc2)(c2ccccc2)c2ccccc2)cc1. The van der Waals surface area contributed by atoms with Gasteiger partial charge in [-0.3, -0.25) is 0 Å². The summed E-state index contributed by atoms with van der Waals surface area (Å²) in [6.07, 6.45) is 0. The van der Waals surface area contributed by atoms with E-state index in [0.717, 1.165) is 0 Å². The maximum Gasteiger partial charge on any atom is 0.245 e. The second kappa shape index (κ2) is 10.4. The van der Waals surface area contributed by atoms with E-state index < -0.39 is 17.7 Å². The molecule has 0 atom stereocenters. The van der Waals surface area contributed by atoms with Crippen LogP contribution in [0.15, 0.2) is 121 Å². The quantitative estimate of drug-likeness (QED) is 0.165. The molecule has 0 heterocycles. The normalized spacial score (nSPS) is 11.3. The number of rotatable bonds is 5. The second-order valence-electron chi connectivity index (χ2n) is 6.50. The first-order valence-corrected chi connectivity index (χ1v) is 12.5. The van der Waals surface area contributed by atoms with E-state index >= 15 is 0 Å². The summed E-state index contributed by atoms with van der Waals surface area (Å²) in [5.41, 5.74) is 0. The molecule has 0 spiro atoms. The predicted molar refractivity (Wildman–Crippen MR) is 125 cm³/mol. The Morgan fingerprint density at radius 3 is 0.903 bits per heavy atom. The van der Waals surface area contributed by atoms with Gasteiger partial charge in [0.1, 0.15) is 28.5 Å². The summed E-state index contributed by atoms with van der Waals surface area (Å²) in [6.45, 7) is 0. The molecule has 0 aliphatic heterocycles. The van der Waals surface area contributed by atoms with Crippen LogP contribution in [-0.4, -0.2) is 18.2 Å². The minimum Gasteiger partial charge on any atom is -0.724 e. The molecule has 0 aliphatic rings. The molecule has 0 saturated heterocycles. The third-order valence-corrected chi connectivity index (χ3v) is 9.14. The number of benzene rings is 4. The summed E-state index contributed by atoms with van der Waals surface area (Å²) in [4.78, 5) is 0. The summed E-state index contributed by atoms with van der Waals surface area (Å²) >= 11 is 0. The summed E-state index contributed by atoms with van der Waals surface area (Å²) in [6, 6.07) is 43.8. The summed E-state index contributed by atoms with van der Waals surface area (Å²) in [7, 11) is -6.76. The van der Waals surface area contributed by atoms with Crippen LogP contribution in [0, 0.1) is 0 Å². The Morgan fingerprint density at radius 1 is 0.548 bits per heavy atom. The lowest BCUT2D eigenvalue weighted by molar-refractivity contribution is -0.140. The van der Waals surface area contributed by atoms with Crippen molar-refractivity contribution >= 4 is 38.9 Å². The minimum absolute atomic E-state index is 1.39. The van der Waals surface area contributed by atoms with Gasteiger partial charge in [-0.15, -0.1) is 4.33 Å². The standard InChI is InChI=1S/C24H20P.H2O5S/c1-5-13-21(14-6-1)25(22-15-7-2-8-16-22,23-17-9-3-10-18-23)24-19-11-4-12-20-24;1-5-6(2,3)4/h1-20H;1H,(H,2,3,4)/q+1;/p-1.